The van der Waals surface area contributed by atoms with E-state index in [0.717, 1.165) is 19.5 Å². The lowest BCUT2D eigenvalue weighted by Gasteiger charge is -2.21. The molecule has 0 saturated carbocycles. The molecule has 4 N–H and O–H groups in total. The number of hydrogen-bond acceptors (Lipinski definition) is 4. The summed E-state index contributed by atoms with van der Waals surface area (Å²) >= 11 is 5.97. The van der Waals surface area contributed by atoms with Gasteiger partial charge in [0.1, 0.15) is 0 Å². The van der Waals surface area contributed by atoms with E-state index in [0.29, 0.717) is 22.3 Å². The molecule has 2 heterocycles. The second-order valence-corrected chi connectivity index (χ2v) is 5.88. The van der Waals surface area contributed by atoms with Crippen LogP contribution in [0.5, 0.6) is 0 Å². The molecule has 2 atom stereocenters. The van der Waals surface area contributed by atoms with Gasteiger partial charge in [0.2, 0.25) is 0 Å². The third-order valence-electron chi connectivity index (χ3n) is 4.30. The first kappa shape index (κ1) is 13.7. The zero-order valence-corrected chi connectivity index (χ0v) is 12.0. The summed E-state index contributed by atoms with van der Waals surface area (Å²) in [5.74, 6) is 5.34. The summed E-state index contributed by atoms with van der Waals surface area (Å²) in [5.41, 5.74) is 3.63. The number of nitrogens with one attached hydrogen (secondary N) is 2. The van der Waals surface area contributed by atoms with Crippen molar-refractivity contribution in [2.45, 2.75) is 31.3 Å². The van der Waals surface area contributed by atoms with E-state index in [2.05, 4.69) is 15.6 Å². The van der Waals surface area contributed by atoms with Gasteiger partial charge in [0.25, 0.3) is 5.91 Å². The maximum absolute atomic E-state index is 12.4. The predicted molar refractivity (Wildman–Crippen MR) is 79.7 cm³/mol. The van der Waals surface area contributed by atoms with Crippen molar-refractivity contribution >= 4 is 23.2 Å². The second kappa shape index (κ2) is 5.60. The molecule has 2 fully saturated rings. The van der Waals surface area contributed by atoms with Crippen molar-refractivity contribution in [3.63, 3.8) is 0 Å². The minimum atomic E-state index is -0.112. The van der Waals surface area contributed by atoms with E-state index in [1.807, 2.05) is 0 Å². The number of benzene rings is 1. The van der Waals surface area contributed by atoms with E-state index in [9.17, 15) is 4.79 Å². The first-order valence-electron chi connectivity index (χ1n) is 7.00. The van der Waals surface area contributed by atoms with Gasteiger partial charge in [-0.05, 0) is 44.0 Å². The maximum Gasteiger partial charge on any atom is 0.253 e. The number of hydrazine groups is 1. The molecule has 6 heteroatoms. The monoisotopic (exact) mass is 294 g/mol. The molecule has 0 aliphatic carbocycles. The van der Waals surface area contributed by atoms with Gasteiger partial charge >= 0.3 is 0 Å². The Morgan fingerprint density at radius 1 is 1.35 bits per heavy atom. The Morgan fingerprint density at radius 3 is 3.00 bits per heavy atom. The smallest absolute Gasteiger partial charge is 0.253 e. The molecule has 0 radical (unpaired) electrons. The van der Waals surface area contributed by atoms with Crippen LogP contribution in [0.2, 0.25) is 5.02 Å². The lowest BCUT2D eigenvalue weighted by molar-refractivity contribution is 0.0930. The van der Waals surface area contributed by atoms with Gasteiger partial charge in [-0.3, -0.25) is 15.5 Å². The summed E-state index contributed by atoms with van der Waals surface area (Å²) in [7, 11) is 0. The van der Waals surface area contributed by atoms with Crippen LogP contribution in [0.15, 0.2) is 18.2 Å². The molecule has 2 saturated heterocycles. The van der Waals surface area contributed by atoms with Gasteiger partial charge in [-0.25, -0.2) is 0 Å². The van der Waals surface area contributed by atoms with Crippen LogP contribution < -0.4 is 16.6 Å². The zero-order chi connectivity index (χ0) is 14.1. The highest BCUT2D eigenvalue weighted by atomic mass is 35.5. The Hall–Kier alpha value is -1.30. The Bertz CT molecular complexity index is 522. The number of rotatable bonds is 3. The molecule has 2 unspecified atom stereocenters. The number of hydrogen-bond donors (Lipinski definition) is 3. The highest BCUT2D eigenvalue weighted by Gasteiger charge is 2.38. The number of carbonyl (C=O) groups excluding carboxylic acids is 1. The van der Waals surface area contributed by atoms with Crippen molar-refractivity contribution in [1.29, 1.82) is 0 Å². The van der Waals surface area contributed by atoms with Crippen molar-refractivity contribution in [1.82, 2.24) is 10.2 Å². The molecule has 0 spiro atoms. The van der Waals surface area contributed by atoms with Crippen molar-refractivity contribution in [2.75, 3.05) is 18.5 Å². The highest BCUT2D eigenvalue weighted by molar-refractivity contribution is 6.31. The topological polar surface area (TPSA) is 70.4 Å². The van der Waals surface area contributed by atoms with Crippen LogP contribution in [0, 0.1) is 0 Å². The fourth-order valence-corrected chi connectivity index (χ4v) is 3.50. The molecule has 5 nitrogen and oxygen atoms in total. The summed E-state index contributed by atoms with van der Waals surface area (Å²) in [4.78, 5) is 14.9. The highest BCUT2D eigenvalue weighted by Crippen LogP contribution is 2.28. The van der Waals surface area contributed by atoms with Crippen molar-refractivity contribution in [3.8, 4) is 0 Å². The first-order valence-corrected chi connectivity index (χ1v) is 7.38. The Balaban J connectivity index is 1.75. The number of nitrogens with zero attached hydrogens (tertiary/aromatic N) is 1. The standard InChI is InChI=1S/C14H19ClN4O/c15-9-3-4-11(18-16)10(8-9)14(20)17-12-5-7-19-6-1-2-13(12)19/h3-4,8,12-13,18H,1-2,5-7,16H2,(H,17,20). The Morgan fingerprint density at radius 2 is 2.20 bits per heavy atom. The van der Waals surface area contributed by atoms with Crippen LogP contribution >= 0.6 is 11.6 Å². The number of anilines is 1. The van der Waals surface area contributed by atoms with Gasteiger partial charge < -0.3 is 10.7 Å². The van der Waals surface area contributed by atoms with Gasteiger partial charge in [0.05, 0.1) is 11.3 Å². The lowest BCUT2D eigenvalue weighted by atomic mass is 10.1. The molecule has 1 aromatic carbocycles. The van der Waals surface area contributed by atoms with Crippen LogP contribution in [-0.2, 0) is 0 Å². The second-order valence-electron chi connectivity index (χ2n) is 5.45. The van der Waals surface area contributed by atoms with Gasteiger partial charge in [-0.1, -0.05) is 11.6 Å². The van der Waals surface area contributed by atoms with E-state index in [1.54, 1.807) is 18.2 Å². The van der Waals surface area contributed by atoms with Crippen molar-refractivity contribution < 1.29 is 4.79 Å². The normalized spacial score (nSPS) is 25.5. The number of halogens is 1. The number of carbonyl (C=O) groups is 1. The molecular formula is C14H19ClN4O. The maximum atomic E-state index is 12.4. The fourth-order valence-electron chi connectivity index (χ4n) is 3.33. The van der Waals surface area contributed by atoms with E-state index in [1.165, 1.54) is 12.8 Å². The van der Waals surface area contributed by atoms with Gasteiger partial charge in [0, 0.05) is 23.7 Å². The SMILES string of the molecule is NNc1ccc(Cl)cc1C(=O)NC1CCN2CCCC12. The van der Waals surface area contributed by atoms with Gasteiger partial charge in [-0.15, -0.1) is 0 Å². The molecule has 0 aromatic heterocycles. The molecule has 1 aromatic rings. The largest absolute Gasteiger partial charge is 0.348 e. The third-order valence-corrected chi connectivity index (χ3v) is 4.54. The summed E-state index contributed by atoms with van der Waals surface area (Å²) in [6.45, 7) is 2.23. The fraction of sp³-hybridized carbons (Fsp3) is 0.500. The molecule has 0 bridgehead atoms. The Labute approximate surface area is 123 Å². The third kappa shape index (κ3) is 2.49. The summed E-state index contributed by atoms with van der Waals surface area (Å²) < 4.78 is 0. The Kier molecular flexibility index (Phi) is 3.83. The van der Waals surface area contributed by atoms with E-state index in [4.69, 9.17) is 17.4 Å². The van der Waals surface area contributed by atoms with Crippen LogP contribution in [0.4, 0.5) is 5.69 Å². The van der Waals surface area contributed by atoms with E-state index in [-0.39, 0.29) is 11.9 Å². The first-order chi connectivity index (χ1) is 9.69. The predicted octanol–water partition coefficient (Wildman–Crippen LogP) is 1.59. The molecular weight excluding hydrogens is 276 g/mol. The lowest BCUT2D eigenvalue weighted by Crippen LogP contribution is -2.42. The van der Waals surface area contributed by atoms with Crippen LogP contribution in [0.25, 0.3) is 0 Å². The van der Waals surface area contributed by atoms with Gasteiger partial charge in [-0.2, -0.15) is 0 Å². The zero-order valence-electron chi connectivity index (χ0n) is 11.2. The molecule has 1 amide bonds. The number of amides is 1. The van der Waals surface area contributed by atoms with E-state index < -0.39 is 0 Å². The summed E-state index contributed by atoms with van der Waals surface area (Å²) in [5, 5.41) is 3.66. The average molecular weight is 295 g/mol. The molecule has 2 aliphatic rings. The van der Waals surface area contributed by atoms with Crippen LogP contribution in [-0.4, -0.2) is 36.0 Å². The summed E-state index contributed by atoms with van der Waals surface area (Å²) in [6, 6.07) is 5.80. The average Bonchev–Trinajstić information content (AvgIpc) is 3.03. The summed E-state index contributed by atoms with van der Waals surface area (Å²) in [6.07, 6.45) is 3.41. The minimum Gasteiger partial charge on any atom is -0.348 e. The van der Waals surface area contributed by atoms with Crippen LogP contribution in [0.1, 0.15) is 29.6 Å². The molecule has 20 heavy (non-hydrogen) atoms. The van der Waals surface area contributed by atoms with E-state index >= 15 is 0 Å². The number of nitrogen functional groups attached to an aromatic ring is 1. The van der Waals surface area contributed by atoms with Crippen molar-refractivity contribution in [2.24, 2.45) is 5.84 Å². The van der Waals surface area contributed by atoms with Gasteiger partial charge in [0.15, 0.2) is 0 Å². The number of fused-ring (bicyclic) bond motifs is 1. The molecule has 2 aliphatic heterocycles. The molecule has 108 valence electrons. The molecule has 3 rings (SSSR count). The van der Waals surface area contributed by atoms with Crippen LogP contribution in [0.3, 0.4) is 0 Å². The quantitative estimate of drug-likeness (QED) is 0.585. The minimum absolute atomic E-state index is 0.112. The number of nitrogens with two attached hydrogens (primary N) is 1. The van der Waals surface area contributed by atoms with Crippen molar-refractivity contribution in [3.05, 3.63) is 28.8 Å².